The first-order chi connectivity index (χ1) is 22.1. The van der Waals surface area contributed by atoms with E-state index in [0.29, 0.717) is 25.1 Å². The molecule has 0 unspecified atom stereocenters. The Morgan fingerprint density at radius 1 is 0.936 bits per heavy atom. The van der Waals surface area contributed by atoms with Gasteiger partial charge in [0, 0.05) is 25.7 Å². The van der Waals surface area contributed by atoms with Gasteiger partial charge in [0.2, 0.25) is 5.91 Å². The molecule has 1 aliphatic heterocycles. The van der Waals surface area contributed by atoms with Crippen molar-refractivity contribution >= 4 is 18.0 Å². The molecule has 3 aromatic carbocycles. The molecule has 0 saturated heterocycles. The van der Waals surface area contributed by atoms with Crippen LogP contribution in [0.4, 0.5) is 9.18 Å². The third-order valence-corrected chi connectivity index (χ3v) is 8.62. The fourth-order valence-corrected chi connectivity index (χ4v) is 5.81. The number of methoxy groups -OCH3 is 1. The quantitative estimate of drug-likeness (QED) is 0.251. The van der Waals surface area contributed by atoms with Gasteiger partial charge in [-0.25, -0.2) is 14.0 Å². The molecule has 8 nitrogen and oxygen atoms in total. The van der Waals surface area contributed by atoms with Gasteiger partial charge < -0.3 is 19.7 Å². The lowest BCUT2D eigenvalue weighted by atomic mass is 9.84. The van der Waals surface area contributed by atoms with Gasteiger partial charge in [-0.1, -0.05) is 69.3 Å². The number of alkyl carbamates (subject to hydrolysis) is 1. The summed E-state index contributed by atoms with van der Waals surface area (Å²) in [6, 6.07) is 20.1. The lowest BCUT2D eigenvalue weighted by Gasteiger charge is -2.43. The van der Waals surface area contributed by atoms with Crippen LogP contribution in [0.5, 0.6) is 0 Å². The predicted octanol–water partition coefficient (Wildman–Crippen LogP) is 7.07. The van der Waals surface area contributed by atoms with Crippen molar-refractivity contribution in [3.8, 4) is 0 Å². The predicted molar refractivity (Wildman–Crippen MR) is 180 cm³/mol. The highest BCUT2D eigenvalue weighted by atomic mass is 19.1. The number of nitrogens with zero attached hydrogens (tertiary/aromatic N) is 2. The van der Waals surface area contributed by atoms with Crippen LogP contribution in [0.15, 0.2) is 72.8 Å². The first kappa shape index (κ1) is 35.6. The van der Waals surface area contributed by atoms with Crippen molar-refractivity contribution in [1.29, 1.82) is 0 Å². The van der Waals surface area contributed by atoms with Crippen molar-refractivity contribution in [2.24, 2.45) is 5.41 Å². The summed E-state index contributed by atoms with van der Waals surface area (Å²) in [5.41, 5.74) is 3.30. The Balaban J connectivity index is 1.71. The topological polar surface area (TPSA) is 88.2 Å². The second-order valence-corrected chi connectivity index (χ2v) is 14.4. The van der Waals surface area contributed by atoms with Gasteiger partial charge in [0.05, 0.1) is 24.8 Å². The molecule has 0 aliphatic carbocycles. The fraction of sp³-hybridized carbons (Fsp3) is 0.447. The van der Waals surface area contributed by atoms with Crippen LogP contribution in [0.1, 0.15) is 87.1 Å². The largest absolute Gasteiger partial charge is 0.465 e. The monoisotopic (exact) mass is 645 g/mol. The number of esters is 1. The highest BCUT2D eigenvalue weighted by Gasteiger charge is 2.39. The van der Waals surface area contributed by atoms with E-state index in [-0.39, 0.29) is 35.8 Å². The molecule has 252 valence electrons. The van der Waals surface area contributed by atoms with Crippen LogP contribution < -0.4 is 5.32 Å². The van der Waals surface area contributed by atoms with Crippen LogP contribution in [0.2, 0.25) is 0 Å². The number of carbonyl (C=O) groups excluding carboxylic acids is 3. The molecular weight excluding hydrogens is 597 g/mol. The lowest BCUT2D eigenvalue weighted by molar-refractivity contribution is -0.141. The summed E-state index contributed by atoms with van der Waals surface area (Å²) in [6.45, 7) is 14.8. The maximum atomic E-state index is 14.9. The number of ether oxygens (including phenoxy) is 2. The van der Waals surface area contributed by atoms with Crippen LogP contribution in [-0.4, -0.2) is 59.1 Å². The van der Waals surface area contributed by atoms with Gasteiger partial charge in [-0.3, -0.25) is 9.69 Å². The number of fused-ring (bicyclic) bond motifs is 1. The number of carbonyl (C=O) groups is 3. The second-order valence-electron chi connectivity index (χ2n) is 14.4. The molecule has 2 amide bonds. The van der Waals surface area contributed by atoms with Crippen molar-refractivity contribution < 1.29 is 28.2 Å². The van der Waals surface area contributed by atoms with Crippen molar-refractivity contribution in [2.75, 3.05) is 13.7 Å². The summed E-state index contributed by atoms with van der Waals surface area (Å²) in [4.78, 5) is 43.9. The zero-order valence-corrected chi connectivity index (χ0v) is 28.8. The third kappa shape index (κ3) is 9.41. The Morgan fingerprint density at radius 2 is 1.55 bits per heavy atom. The van der Waals surface area contributed by atoms with E-state index in [9.17, 15) is 18.8 Å². The Kier molecular flexibility index (Phi) is 11.1. The molecule has 0 radical (unpaired) electrons. The Labute approximate surface area is 278 Å². The van der Waals surface area contributed by atoms with Gasteiger partial charge in [-0.2, -0.15) is 0 Å². The minimum atomic E-state index is -0.652. The molecule has 3 atom stereocenters. The molecule has 4 rings (SSSR count). The molecule has 3 aromatic rings. The average Bonchev–Trinajstić information content (AvgIpc) is 3.01. The van der Waals surface area contributed by atoms with Crippen LogP contribution in [-0.2, 0) is 33.8 Å². The first-order valence-corrected chi connectivity index (χ1v) is 16.1. The summed E-state index contributed by atoms with van der Waals surface area (Å²) in [6.07, 6.45) is -0.00802. The first-order valence-electron chi connectivity index (χ1n) is 16.1. The molecule has 1 N–H and O–H groups in total. The van der Waals surface area contributed by atoms with E-state index in [2.05, 4.69) is 43.1 Å². The molecular formula is C38H48FN3O5. The fourth-order valence-electron chi connectivity index (χ4n) is 5.81. The highest BCUT2D eigenvalue weighted by Crippen LogP contribution is 2.31. The maximum absolute atomic E-state index is 14.9. The van der Waals surface area contributed by atoms with Crippen LogP contribution in [0.25, 0.3) is 0 Å². The van der Waals surface area contributed by atoms with Gasteiger partial charge in [0.1, 0.15) is 11.4 Å². The number of amides is 2. The number of hydrogen-bond donors (Lipinski definition) is 1. The van der Waals surface area contributed by atoms with Crippen LogP contribution >= 0.6 is 0 Å². The van der Waals surface area contributed by atoms with Gasteiger partial charge in [-0.05, 0) is 86.1 Å². The van der Waals surface area contributed by atoms with Crippen molar-refractivity contribution in [3.05, 3.63) is 106 Å². The highest BCUT2D eigenvalue weighted by molar-refractivity contribution is 5.89. The van der Waals surface area contributed by atoms with Crippen molar-refractivity contribution in [2.45, 2.75) is 91.7 Å². The molecule has 0 spiro atoms. The standard InChI is InChI=1S/C38H48FN3O5/c1-25(27-17-19-31(39)20-18-27)42(22-26-13-15-28(16-14-26)35(44)46-8)34(43)32-21-29-11-9-10-12-30(29)23-41(32)24-33(37(2,3)4)40-36(45)47-38(5,6)7/h9-20,25,32-33H,21-24H2,1-8H3,(H,40,45)/t25-,32+,33-/m1/s1. The average molecular weight is 646 g/mol. The Morgan fingerprint density at radius 3 is 2.13 bits per heavy atom. The van der Waals surface area contributed by atoms with E-state index >= 15 is 0 Å². The minimum absolute atomic E-state index is 0.0849. The molecule has 1 heterocycles. The summed E-state index contributed by atoms with van der Waals surface area (Å²) < 4.78 is 24.4. The number of hydrogen-bond acceptors (Lipinski definition) is 6. The van der Waals surface area contributed by atoms with Crippen molar-refractivity contribution in [1.82, 2.24) is 15.1 Å². The molecule has 0 fully saturated rings. The van der Waals surface area contributed by atoms with E-state index in [4.69, 9.17) is 9.47 Å². The number of halogens is 1. The van der Waals surface area contributed by atoms with E-state index in [1.54, 1.807) is 24.3 Å². The minimum Gasteiger partial charge on any atom is -0.465 e. The van der Waals surface area contributed by atoms with Gasteiger partial charge in [-0.15, -0.1) is 0 Å². The molecule has 0 saturated carbocycles. The van der Waals surface area contributed by atoms with Gasteiger partial charge in [0.25, 0.3) is 0 Å². The van der Waals surface area contributed by atoms with Crippen molar-refractivity contribution in [3.63, 3.8) is 0 Å². The second kappa shape index (κ2) is 14.7. The van der Waals surface area contributed by atoms with Gasteiger partial charge in [0.15, 0.2) is 0 Å². The SMILES string of the molecule is COC(=O)c1ccc(CN(C(=O)[C@@H]2Cc3ccccc3CN2C[C@@H](NC(=O)OC(C)(C)C)C(C)(C)C)[C@H](C)c2ccc(F)cc2)cc1. The number of benzene rings is 3. The molecule has 1 aliphatic rings. The molecule has 9 heteroatoms. The Bertz CT molecular complexity index is 1540. The van der Waals surface area contributed by atoms with Crippen LogP contribution in [0, 0.1) is 11.2 Å². The normalized spacial score (nSPS) is 16.4. The molecule has 0 bridgehead atoms. The zero-order chi connectivity index (χ0) is 34.5. The summed E-state index contributed by atoms with van der Waals surface area (Å²) in [5, 5.41) is 3.09. The van der Waals surface area contributed by atoms with E-state index in [1.165, 1.54) is 19.2 Å². The number of nitrogens with one attached hydrogen (secondary N) is 1. The molecule has 47 heavy (non-hydrogen) atoms. The Hall–Kier alpha value is -4.24. The lowest BCUT2D eigenvalue weighted by Crippen LogP contribution is -2.58. The summed E-state index contributed by atoms with van der Waals surface area (Å²) >= 11 is 0. The molecule has 0 aromatic heterocycles. The van der Waals surface area contributed by atoms with Gasteiger partial charge >= 0.3 is 12.1 Å². The van der Waals surface area contributed by atoms with E-state index in [0.717, 1.165) is 22.3 Å². The maximum Gasteiger partial charge on any atom is 0.407 e. The number of rotatable bonds is 9. The smallest absolute Gasteiger partial charge is 0.407 e. The zero-order valence-electron chi connectivity index (χ0n) is 28.8. The summed E-state index contributed by atoms with van der Waals surface area (Å²) in [7, 11) is 1.34. The van der Waals surface area contributed by atoms with Crippen LogP contribution in [0.3, 0.4) is 0 Å². The third-order valence-electron chi connectivity index (χ3n) is 8.62. The van der Waals surface area contributed by atoms with E-state index < -0.39 is 23.7 Å². The summed E-state index contributed by atoms with van der Waals surface area (Å²) in [5.74, 6) is -0.870. The van der Waals surface area contributed by atoms with E-state index in [1.807, 2.05) is 56.9 Å².